The summed E-state index contributed by atoms with van der Waals surface area (Å²) in [6.45, 7) is 15.4. The maximum atomic E-state index is 11.8. The molecule has 0 amide bonds. The number of rotatable bonds is 9. The van der Waals surface area contributed by atoms with E-state index < -0.39 is 0 Å². The Kier molecular flexibility index (Phi) is 10.1. The second-order valence-corrected chi connectivity index (χ2v) is 6.41. The van der Waals surface area contributed by atoms with Crippen LogP contribution in [-0.2, 0) is 9.53 Å². The third kappa shape index (κ3) is 10.3. The molecule has 0 radical (unpaired) electrons. The average molecular weight is 295 g/mol. The van der Waals surface area contributed by atoms with Crippen LogP contribution in [0, 0.1) is 0 Å². The summed E-state index contributed by atoms with van der Waals surface area (Å²) < 4.78 is 5.30. The Hall–Kier alpha value is -1.09. The van der Waals surface area contributed by atoms with E-state index >= 15 is 0 Å². The van der Waals surface area contributed by atoms with Gasteiger partial charge in [-0.15, -0.1) is 0 Å². The van der Waals surface area contributed by atoms with Crippen molar-refractivity contribution in [1.82, 2.24) is 4.90 Å². The topological polar surface area (TPSA) is 29.5 Å². The van der Waals surface area contributed by atoms with Gasteiger partial charge in [0.1, 0.15) is 6.61 Å². The quantitative estimate of drug-likeness (QED) is 0.468. The zero-order valence-corrected chi connectivity index (χ0v) is 14.9. The molecule has 0 N–H and O–H groups in total. The van der Waals surface area contributed by atoms with Crippen LogP contribution in [0.1, 0.15) is 61.3 Å². The van der Waals surface area contributed by atoms with E-state index in [1.807, 2.05) is 6.08 Å². The van der Waals surface area contributed by atoms with Gasteiger partial charge in [0.2, 0.25) is 0 Å². The Morgan fingerprint density at radius 1 is 1.05 bits per heavy atom. The zero-order valence-electron chi connectivity index (χ0n) is 14.9. The first kappa shape index (κ1) is 19.9. The number of carbonyl (C=O) groups excluding carboxylic acids is 1. The predicted octanol–water partition coefficient (Wildman–Crippen LogP) is 4.34. The van der Waals surface area contributed by atoms with Crippen LogP contribution in [-0.4, -0.2) is 36.1 Å². The van der Waals surface area contributed by atoms with Gasteiger partial charge in [0.05, 0.1) is 6.54 Å². The lowest BCUT2D eigenvalue weighted by Gasteiger charge is -2.29. The van der Waals surface area contributed by atoms with Crippen molar-refractivity contribution in [3.63, 3.8) is 0 Å². The standard InChI is InChI=1S/C18H33NO2/c1-14(2)9-8-10-17(7)11-12-21-18(20)13-19(15(3)4)16(5)6/h9,11,15-16H,8,10,12-13H2,1-7H3. The van der Waals surface area contributed by atoms with Crippen molar-refractivity contribution < 1.29 is 9.53 Å². The first-order valence-corrected chi connectivity index (χ1v) is 7.94. The summed E-state index contributed by atoms with van der Waals surface area (Å²) in [6, 6.07) is 0.692. The van der Waals surface area contributed by atoms with Crippen LogP contribution >= 0.6 is 0 Å². The van der Waals surface area contributed by atoms with Crippen molar-refractivity contribution in [3.8, 4) is 0 Å². The van der Waals surface area contributed by atoms with Crippen LogP contribution in [0.2, 0.25) is 0 Å². The van der Waals surface area contributed by atoms with Crippen molar-refractivity contribution in [3.05, 3.63) is 23.3 Å². The summed E-state index contributed by atoms with van der Waals surface area (Å²) in [5.41, 5.74) is 2.61. The van der Waals surface area contributed by atoms with E-state index in [1.54, 1.807) is 0 Å². The molecule has 0 aromatic heterocycles. The highest BCUT2D eigenvalue weighted by molar-refractivity contribution is 5.71. The second-order valence-electron chi connectivity index (χ2n) is 6.41. The van der Waals surface area contributed by atoms with Crippen LogP contribution in [0.15, 0.2) is 23.3 Å². The highest BCUT2D eigenvalue weighted by Gasteiger charge is 2.17. The van der Waals surface area contributed by atoms with E-state index in [0.29, 0.717) is 25.2 Å². The van der Waals surface area contributed by atoms with E-state index in [-0.39, 0.29) is 5.97 Å². The molecule has 0 aliphatic heterocycles. The van der Waals surface area contributed by atoms with Gasteiger partial charge in [0.15, 0.2) is 0 Å². The number of esters is 1. The number of ether oxygens (including phenoxy) is 1. The Labute approximate surface area is 131 Å². The molecule has 0 saturated heterocycles. The molecule has 21 heavy (non-hydrogen) atoms. The SMILES string of the molecule is CC(C)=CCCC(C)=CCOC(=O)CN(C(C)C)C(C)C. The Morgan fingerprint density at radius 3 is 2.10 bits per heavy atom. The van der Waals surface area contributed by atoms with Crippen molar-refractivity contribution in [2.75, 3.05) is 13.2 Å². The minimum Gasteiger partial charge on any atom is -0.460 e. The van der Waals surface area contributed by atoms with Crippen LogP contribution < -0.4 is 0 Å². The second kappa shape index (κ2) is 10.6. The minimum absolute atomic E-state index is 0.147. The fourth-order valence-corrected chi connectivity index (χ4v) is 2.12. The third-order valence-electron chi connectivity index (χ3n) is 3.41. The maximum absolute atomic E-state index is 11.8. The number of nitrogens with zero attached hydrogens (tertiary/aromatic N) is 1. The molecule has 3 heteroatoms. The smallest absolute Gasteiger partial charge is 0.320 e. The van der Waals surface area contributed by atoms with E-state index in [9.17, 15) is 4.79 Å². The molecule has 0 aliphatic carbocycles. The molecule has 0 aromatic rings. The maximum Gasteiger partial charge on any atom is 0.320 e. The summed E-state index contributed by atoms with van der Waals surface area (Å²) in [6.07, 6.45) is 6.30. The van der Waals surface area contributed by atoms with Gasteiger partial charge in [-0.1, -0.05) is 17.2 Å². The van der Waals surface area contributed by atoms with Gasteiger partial charge < -0.3 is 4.74 Å². The van der Waals surface area contributed by atoms with E-state index in [2.05, 4.69) is 59.4 Å². The van der Waals surface area contributed by atoms with Crippen molar-refractivity contribution in [2.24, 2.45) is 0 Å². The summed E-state index contributed by atoms with van der Waals surface area (Å²) in [4.78, 5) is 14.0. The fraction of sp³-hybridized carbons (Fsp3) is 0.722. The molecule has 0 bridgehead atoms. The molecule has 0 atom stereocenters. The molecule has 0 heterocycles. The lowest BCUT2D eigenvalue weighted by atomic mass is 10.1. The normalized spacial score (nSPS) is 12.2. The van der Waals surface area contributed by atoms with Gasteiger partial charge in [0.25, 0.3) is 0 Å². The van der Waals surface area contributed by atoms with Crippen molar-refractivity contribution in [2.45, 2.75) is 73.4 Å². The summed E-state index contributed by atoms with van der Waals surface area (Å²) in [5.74, 6) is -0.147. The third-order valence-corrected chi connectivity index (χ3v) is 3.41. The van der Waals surface area contributed by atoms with E-state index in [0.717, 1.165) is 12.8 Å². The number of allylic oxidation sites excluding steroid dienone is 3. The van der Waals surface area contributed by atoms with Crippen LogP contribution in [0.4, 0.5) is 0 Å². The largest absolute Gasteiger partial charge is 0.460 e. The van der Waals surface area contributed by atoms with Crippen LogP contribution in [0.25, 0.3) is 0 Å². The van der Waals surface area contributed by atoms with Gasteiger partial charge in [-0.2, -0.15) is 0 Å². The van der Waals surface area contributed by atoms with Gasteiger partial charge in [0, 0.05) is 12.1 Å². The lowest BCUT2D eigenvalue weighted by Crippen LogP contribution is -2.41. The molecule has 3 nitrogen and oxygen atoms in total. The molecular weight excluding hydrogens is 262 g/mol. The van der Waals surface area contributed by atoms with E-state index in [1.165, 1.54) is 11.1 Å². The van der Waals surface area contributed by atoms with Gasteiger partial charge >= 0.3 is 5.97 Å². The van der Waals surface area contributed by atoms with Crippen LogP contribution in [0.3, 0.4) is 0 Å². The molecule has 0 aliphatic rings. The van der Waals surface area contributed by atoms with Crippen LogP contribution in [0.5, 0.6) is 0 Å². The Balaban J connectivity index is 4.10. The van der Waals surface area contributed by atoms with Crippen molar-refractivity contribution >= 4 is 5.97 Å². The molecule has 0 unspecified atom stereocenters. The van der Waals surface area contributed by atoms with Gasteiger partial charge in [-0.25, -0.2) is 0 Å². The lowest BCUT2D eigenvalue weighted by molar-refractivity contribution is -0.144. The zero-order chi connectivity index (χ0) is 16.4. The molecular formula is C18H33NO2. The molecule has 0 rings (SSSR count). The predicted molar refractivity (Wildman–Crippen MR) is 90.4 cm³/mol. The summed E-state index contributed by atoms with van der Waals surface area (Å²) in [5, 5.41) is 0. The Morgan fingerprint density at radius 2 is 1.62 bits per heavy atom. The molecule has 0 spiro atoms. The summed E-state index contributed by atoms with van der Waals surface area (Å²) >= 11 is 0. The first-order valence-electron chi connectivity index (χ1n) is 7.94. The average Bonchev–Trinajstić information content (AvgIpc) is 2.34. The van der Waals surface area contributed by atoms with E-state index in [4.69, 9.17) is 4.74 Å². The monoisotopic (exact) mass is 295 g/mol. The molecule has 0 fully saturated rings. The fourth-order valence-electron chi connectivity index (χ4n) is 2.12. The minimum atomic E-state index is -0.147. The highest BCUT2D eigenvalue weighted by Crippen LogP contribution is 2.07. The number of hydrogen-bond donors (Lipinski definition) is 0. The Bertz CT molecular complexity index is 355. The molecule has 0 aromatic carbocycles. The number of hydrogen-bond acceptors (Lipinski definition) is 3. The summed E-state index contributed by atoms with van der Waals surface area (Å²) in [7, 11) is 0. The number of carbonyl (C=O) groups is 1. The molecule has 122 valence electrons. The first-order chi connectivity index (χ1) is 9.73. The van der Waals surface area contributed by atoms with Gasteiger partial charge in [-0.3, -0.25) is 9.69 Å². The molecule has 0 saturated carbocycles. The van der Waals surface area contributed by atoms with Gasteiger partial charge in [-0.05, 0) is 67.4 Å². The highest BCUT2D eigenvalue weighted by atomic mass is 16.5. The van der Waals surface area contributed by atoms with Crippen molar-refractivity contribution in [1.29, 1.82) is 0 Å².